The molecule has 20 heavy (non-hydrogen) atoms. The molecule has 1 fully saturated rings. The molecule has 1 aromatic carbocycles. The van der Waals surface area contributed by atoms with E-state index in [1.54, 1.807) is 0 Å². The van der Waals surface area contributed by atoms with Crippen LogP contribution in [0.25, 0.3) is 0 Å². The van der Waals surface area contributed by atoms with Crippen LogP contribution in [0, 0.1) is 0 Å². The van der Waals surface area contributed by atoms with Crippen LogP contribution in [0.4, 0.5) is 0 Å². The van der Waals surface area contributed by atoms with Crippen LogP contribution in [0.2, 0.25) is 0 Å². The molecule has 3 heteroatoms. The SMILES string of the molecule is CCc1ccc(CN2CCN(C(C)(C)CN)CC2)cc1. The summed E-state index contributed by atoms with van der Waals surface area (Å²) >= 11 is 0. The Morgan fingerprint density at radius 2 is 1.55 bits per heavy atom. The largest absolute Gasteiger partial charge is 0.329 e. The molecule has 0 amide bonds. The maximum Gasteiger partial charge on any atom is 0.0276 e. The summed E-state index contributed by atoms with van der Waals surface area (Å²) in [7, 11) is 0. The fourth-order valence-corrected chi connectivity index (χ4v) is 2.78. The molecule has 3 nitrogen and oxygen atoms in total. The summed E-state index contributed by atoms with van der Waals surface area (Å²) in [5.74, 6) is 0. The molecule has 1 aliphatic rings. The Kier molecular flexibility index (Phi) is 5.19. The van der Waals surface area contributed by atoms with Gasteiger partial charge in [-0.15, -0.1) is 0 Å². The molecule has 0 spiro atoms. The van der Waals surface area contributed by atoms with Crippen LogP contribution >= 0.6 is 0 Å². The first-order valence-corrected chi connectivity index (χ1v) is 7.80. The Balaban J connectivity index is 1.85. The van der Waals surface area contributed by atoms with Gasteiger partial charge in [0.25, 0.3) is 0 Å². The Morgan fingerprint density at radius 1 is 1.00 bits per heavy atom. The third-order valence-electron chi connectivity index (χ3n) is 4.57. The summed E-state index contributed by atoms with van der Waals surface area (Å²) in [4.78, 5) is 5.06. The van der Waals surface area contributed by atoms with E-state index in [2.05, 4.69) is 54.8 Å². The molecule has 2 N–H and O–H groups in total. The highest BCUT2D eigenvalue weighted by atomic mass is 15.3. The lowest BCUT2D eigenvalue weighted by molar-refractivity contribution is 0.0538. The third-order valence-corrected chi connectivity index (χ3v) is 4.57. The summed E-state index contributed by atoms with van der Waals surface area (Å²) in [6.07, 6.45) is 1.12. The summed E-state index contributed by atoms with van der Waals surface area (Å²) in [5, 5.41) is 0. The van der Waals surface area contributed by atoms with Crippen LogP contribution < -0.4 is 5.73 Å². The van der Waals surface area contributed by atoms with E-state index in [4.69, 9.17) is 5.73 Å². The van der Waals surface area contributed by atoms with E-state index in [1.807, 2.05) is 0 Å². The van der Waals surface area contributed by atoms with E-state index >= 15 is 0 Å². The second-order valence-electron chi connectivity index (χ2n) is 6.45. The van der Waals surface area contributed by atoms with Gasteiger partial charge < -0.3 is 5.73 Å². The molecule has 0 bridgehead atoms. The van der Waals surface area contributed by atoms with E-state index in [0.29, 0.717) is 0 Å². The predicted octanol–water partition coefficient (Wildman–Crippen LogP) is 2.10. The zero-order valence-corrected chi connectivity index (χ0v) is 13.2. The molecule has 0 atom stereocenters. The summed E-state index contributed by atoms with van der Waals surface area (Å²) in [6, 6.07) is 9.05. The monoisotopic (exact) mass is 275 g/mol. The predicted molar refractivity (Wildman–Crippen MR) is 85.8 cm³/mol. The Bertz CT molecular complexity index is 403. The molecule has 1 heterocycles. The lowest BCUT2D eigenvalue weighted by Crippen LogP contribution is -2.57. The average molecular weight is 275 g/mol. The van der Waals surface area contributed by atoms with Gasteiger partial charge in [-0.25, -0.2) is 0 Å². The number of nitrogens with zero attached hydrogens (tertiary/aromatic N) is 2. The van der Waals surface area contributed by atoms with Crippen molar-refractivity contribution in [2.24, 2.45) is 5.73 Å². The van der Waals surface area contributed by atoms with Crippen LogP contribution in [0.15, 0.2) is 24.3 Å². The number of aryl methyl sites for hydroxylation is 1. The molecule has 1 aromatic rings. The van der Waals surface area contributed by atoms with Crippen molar-refractivity contribution < 1.29 is 0 Å². The highest BCUT2D eigenvalue weighted by Gasteiger charge is 2.28. The van der Waals surface area contributed by atoms with E-state index in [9.17, 15) is 0 Å². The van der Waals surface area contributed by atoms with E-state index in [1.165, 1.54) is 11.1 Å². The zero-order chi connectivity index (χ0) is 14.6. The lowest BCUT2D eigenvalue weighted by Gasteiger charge is -2.43. The Morgan fingerprint density at radius 3 is 2.05 bits per heavy atom. The lowest BCUT2D eigenvalue weighted by atomic mass is 10.0. The fraction of sp³-hybridized carbons (Fsp3) is 0.647. The number of nitrogens with two attached hydrogens (primary N) is 1. The quantitative estimate of drug-likeness (QED) is 0.893. The van der Waals surface area contributed by atoms with Crippen molar-refractivity contribution in [3.63, 3.8) is 0 Å². The van der Waals surface area contributed by atoms with E-state index < -0.39 is 0 Å². The number of hydrogen-bond donors (Lipinski definition) is 1. The molecule has 0 aliphatic carbocycles. The molecule has 0 aromatic heterocycles. The minimum absolute atomic E-state index is 0.134. The van der Waals surface area contributed by atoms with Gasteiger partial charge in [-0.2, -0.15) is 0 Å². The summed E-state index contributed by atoms with van der Waals surface area (Å²) in [5.41, 5.74) is 8.85. The number of piperazine rings is 1. The number of rotatable bonds is 5. The van der Waals surface area contributed by atoms with Crippen molar-refractivity contribution in [3.05, 3.63) is 35.4 Å². The third kappa shape index (κ3) is 3.81. The van der Waals surface area contributed by atoms with Crippen LogP contribution in [0.5, 0.6) is 0 Å². The smallest absolute Gasteiger partial charge is 0.0276 e. The van der Waals surface area contributed by atoms with Crippen molar-refractivity contribution >= 4 is 0 Å². The van der Waals surface area contributed by atoms with Gasteiger partial charge in [0.15, 0.2) is 0 Å². The van der Waals surface area contributed by atoms with Gasteiger partial charge in [-0.3, -0.25) is 9.80 Å². The van der Waals surface area contributed by atoms with Crippen LogP contribution in [0.3, 0.4) is 0 Å². The van der Waals surface area contributed by atoms with Gasteiger partial charge in [0.05, 0.1) is 0 Å². The van der Waals surface area contributed by atoms with Crippen molar-refractivity contribution in [3.8, 4) is 0 Å². The summed E-state index contributed by atoms with van der Waals surface area (Å²) in [6.45, 7) is 13.0. The van der Waals surface area contributed by atoms with Crippen molar-refractivity contribution in [2.75, 3.05) is 32.7 Å². The highest BCUT2D eigenvalue weighted by Crippen LogP contribution is 2.17. The normalized spacial score (nSPS) is 18.4. The minimum Gasteiger partial charge on any atom is -0.329 e. The van der Waals surface area contributed by atoms with Crippen molar-refractivity contribution in [1.82, 2.24) is 9.80 Å². The van der Waals surface area contributed by atoms with Gasteiger partial charge in [0.2, 0.25) is 0 Å². The van der Waals surface area contributed by atoms with Gasteiger partial charge in [0, 0.05) is 44.8 Å². The average Bonchev–Trinajstić information content (AvgIpc) is 2.48. The molecule has 2 rings (SSSR count). The number of hydrogen-bond acceptors (Lipinski definition) is 3. The maximum absolute atomic E-state index is 5.87. The molecule has 112 valence electrons. The topological polar surface area (TPSA) is 32.5 Å². The second-order valence-corrected chi connectivity index (χ2v) is 6.45. The van der Waals surface area contributed by atoms with Crippen LogP contribution in [-0.4, -0.2) is 48.1 Å². The number of benzene rings is 1. The Hall–Kier alpha value is -0.900. The molecule has 0 saturated carbocycles. The first kappa shape index (κ1) is 15.5. The summed E-state index contributed by atoms with van der Waals surface area (Å²) < 4.78 is 0. The molecular formula is C17H29N3. The van der Waals surface area contributed by atoms with Gasteiger partial charge in [-0.05, 0) is 31.4 Å². The molecule has 0 radical (unpaired) electrons. The zero-order valence-electron chi connectivity index (χ0n) is 13.2. The van der Waals surface area contributed by atoms with E-state index in [0.717, 1.165) is 45.7 Å². The van der Waals surface area contributed by atoms with Gasteiger partial charge in [0.1, 0.15) is 0 Å². The highest BCUT2D eigenvalue weighted by molar-refractivity contribution is 5.22. The molecular weight excluding hydrogens is 246 g/mol. The van der Waals surface area contributed by atoms with Crippen LogP contribution in [0.1, 0.15) is 31.9 Å². The fourth-order valence-electron chi connectivity index (χ4n) is 2.78. The second kappa shape index (κ2) is 6.70. The first-order valence-electron chi connectivity index (χ1n) is 7.80. The molecule has 1 saturated heterocycles. The van der Waals surface area contributed by atoms with Gasteiger partial charge in [-0.1, -0.05) is 31.2 Å². The Labute approximate surface area is 123 Å². The van der Waals surface area contributed by atoms with E-state index in [-0.39, 0.29) is 5.54 Å². The standard InChI is InChI=1S/C17H29N3/c1-4-15-5-7-16(8-6-15)13-19-9-11-20(12-10-19)17(2,3)14-18/h5-8H,4,9-14,18H2,1-3H3. The first-order chi connectivity index (χ1) is 9.55. The minimum atomic E-state index is 0.134. The van der Waals surface area contributed by atoms with Crippen molar-refractivity contribution in [1.29, 1.82) is 0 Å². The maximum atomic E-state index is 5.87. The van der Waals surface area contributed by atoms with Gasteiger partial charge >= 0.3 is 0 Å². The van der Waals surface area contributed by atoms with Crippen molar-refractivity contribution in [2.45, 2.75) is 39.3 Å². The van der Waals surface area contributed by atoms with Crippen LogP contribution in [-0.2, 0) is 13.0 Å². The molecule has 1 aliphatic heterocycles. The molecule has 0 unspecified atom stereocenters.